The van der Waals surface area contributed by atoms with Crippen molar-refractivity contribution in [1.29, 1.82) is 0 Å². The number of aromatic nitrogens is 1. The number of nitrogens with one attached hydrogen (secondary N) is 2. The van der Waals surface area contributed by atoms with E-state index >= 15 is 0 Å². The molecule has 0 fully saturated rings. The number of carbonyl (C=O) groups excluding carboxylic acids is 1. The zero-order valence-corrected chi connectivity index (χ0v) is 14.7. The Bertz CT molecular complexity index is 920. The Morgan fingerprint density at radius 1 is 1.04 bits per heavy atom. The fraction of sp³-hybridized carbons (Fsp3) is 0.182. The Labute approximate surface area is 153 Å². The van der Waals surface area contributed by atoms with Gasteiger partial charge in [0, 0.05) is 31.2 Å². The normalized spacial score (nSPS) is 16.0. The number of hydrogen-bond acceptors (Lipinski definition) is 3. The number of aryl methyl sites for hydroxylation is 1. The number of pyridine rings is 1. The quantitative estimate of drug-likeness (QED) is 0.759. The minimum Gasteiger partial charge on any atom is -0.326 e. The zero-order valence-electron chi connectivity index (χ0n) is 14.7. The lowest BCUT2D eigenvalue weighted by atomic mass is 9.88. The summed E-state index contributed by atoms with van der Waals surface area (Å²) in [4.78, 5) is 16.9. The number of benzene rings is 2. The van der Waals surface area contributed by atoms with Crippen molar-refractivity contribution in [1.82, 2.24) is 10.3 Å². The third kappa shape index (κ3) is 3.24. The van der Waals surface area contributed by atoms with Gasteiger partial charge in [-0.3, -0.25) is 9.78 Å². The number of carbonyl (C=O) groups is 1. The Balaban J connectivity index is 1.52. The fourth-order valence-electron chi connectivity index (χ4n) is 3.50. The van der Waals surface area contributed by atoms with Gasteiger partial charge in [0.05, 0.1) is 5.92 Å². The van der Waals surface area contributed by atoms with Crippen molar-refractivity contribution in [2.45, 2.75) is 19.4 Å². The Kier molecular flexibility index (Phi) is 4.50. The van der Waals surface area contributed by atoms with Gasteiger partial charge in [0.25, 0.3) is 0 Å². The summed E-state index contributed by atoms with van der Waals surface area (Å²) in [7, 11) is 0. The molecule has 1 amide bonds. The molecule has 26 heavy (non-hydrogen) atoms. The lowest BCUT2D eigenvalue weighted by Gasteiger charge is -2.27. The number of fused-ring (bicyclic) bond motifs is 1. The smallest absolute Gasteiger partial charge is 0.233 e. The van der Waals surface area contributed by atoms with Crippen LogP contribution in [0.15, 0.2) is 67.0 Å². The molecule has 0 saturated carbocycles. The predicted octanol–water partition coefficient (Wildman–Crippen LogP) is 3.88. The van der Waals surface area contributed by atoms with Crippen molar-refractivity contribution in [2.75, 3.05) is 11.9 Å². The molecule has 130 valence electrons. The van der Waals surface area contributed by atoms with Gasteiger partial charge in [0.2, 0.25) is 5.91 Å². The van der Waals surface area contributed by atoms with E-state index in [1.54, 1.807) is 12.4 Å². The van der Waals surface area contributed by atoms with Crippen LogP contribution in [-0.4, -0.2) is 17.4 Å². The van der Waals surface area contributed by atoms with Crippen molar-refractivity contribution < 1.29 is 4.79 Å². The molecule has 2 aromatic carbocycles. The highest BCUT2D eigenvalue weighted by Gasteiger charge is 2.27. The van der Waals surface area contributed by atoms with Gasteiger partial charge in [-0.15, -0.1) is 0 Å². The SMILES string of the molecule is Cc1cccc2c1CNCC2C(=O)Nc1ccc(-c2ccncc2)cc1. The molecule has 0 bridgehead atoms. The van der Waals surface area contributed by atoms with Crippen molar-refractivity contribution in [3.05, 3.63) is 83.7 Å². The van der Waals surface area contributed by atoms with Gasteiger partial charge in [-0.1, -0.05) is 30.3 Å². The summed E-state index contributed by atoms with van der Waals surface area (Å²) in [6, 6.07) is 18.1. The highest BCUT2D eigenvalue weighted by Crippen LogP contribution is 2.28. The van der Waals surface area contributed by atoms with E-state index in [0.29, 0.717) is 6.54 Å². The third-order valence-corrected chi connectivity index (χ3v) is 4.95. The first-order valence-electron chi connectivity index (χ1n) is 8.83. The van der Waals surface area contributed by atoms with Gasteiger partial charge in [-0.2, -0.15) is 0 Å². The van der Waals surface area contributed by atoms with Gasteiger partial charge in [0.1, 0.15) is 0 Å². The summed E-state index contributed by atoms with van der Waals surface area (Å²) in [5, 5.41) is 6.42. The maximum absolute atomic E-state index is 12.8. The van der Waals surface area contributed by atoms with Crippen molar-refractivity contribution >= 4 is 11.6 Å². The third-order valence-electron chi connectivity index (χ3n) is 4.95. The van der Waals surface area contributed by atoms with Crippen molar-refractivity contribution in [3.8, 4) is 11.1 Å². The van der Waals surface area contributed by atoms with Gasteiger partial charge >= 0.3 is 0 Å². The van der Waals surface area contributed by atoms with E-state index in [-0.39, 0.29) is 11.8 Å². The standard InChI is InChI=1S/C22H21N3O/c1-15-3-2-4-19-20(15)13-24-14-21(19)22(26)25-18-7-5-16(6-8-18)17-9-11-23-12-10-17/h2-12,21,24H,13-14H2,1H3,(H,25,26). The van der Waals surface area contributed by atoms with Crippen LogP contribution < -0.4 is 10.6 Å². The average molecular weight is 343 g/mol. The van der Waals surface area contributed by atoms with Gasteiger partial charge < -0.3 is 10.6 Å². The van der Waals surface area contributed by atoms with Crippen LogP contribution in [0.25, 0.3) is 11.1 Å². The first-order chi connectivity index (χ1) is 12.7. The summed E-state index contributed by atoms with van der Waals surface area (Å²) < 4.78 is 0. The van der Waals surface area contributed by atoms with Crippen molar-refractivity contribution in [3.63, 3.8) is 0 Å². The zero-order chi connectivity index (χ0) is 17.9. The molecule has 0 radical (unpaired) electrons. The number of amides is 1. The van der Waals surface area contributed by atoms with Crippen molar-refractivity contribution in [2.24, 2.45) is 0 Å². The predicted molar refractivity (Wildman–Crippen MR) is 104 cm³/mol. The van der Waals surface area contributed by atoms with Crippen LogP contribution in [0, 0.1) is 6.92 Å². The second-order valence-electron chi connectivity index (χ2n) is 6.63. The monoisotopic (exact) mass is 343 g/mol. The molecule has 0 saturated heterocycles. The topological polar surface area (TPSA) is 54.0 Å². The van der Waals surface area contributed by atoms with Crippen LogP contribution in [0.5, 0.6) is 0 Å². The van der Waals surface area contributed by atoms with Gasteiger partial charge in [-0.05, 0) is 59.0 Å². The van der Waals surface area contributed by atoms with Gasteiger partial charge in [0.15, 0.2) is 0 Å². The molecule has 3 aromatic rings. The van der Waals surface area contributed by atoms with Gasteiger partial charge in [-0.25, -0.2) is 0 Å². The molecule has 0 aliphatic carbocycles. The summed E-state index contributed by atoms with van der Waals surface area (Å²) in [6.45, 7) is 3.59. The van der Waals surface area contributed by atoms with E-state index in [0.717, 1.165) is 28.9 Å². The van der Waals surface area contributed by atoms with E-state index < -0.39 is 0 Å². The van der Waals surface area contributed by atoms with Crippen LogP contribution in [0.2, 0.25) is 0 Å². The number of rotatable bonds is 3. The molecule has 1 aliphatic rings. The number of anilines is 1. The lowest BCUT2D eigenvalue weighted by molar-refractivity contribution is -0.117. The molecule has 1 atom stereocenters. The maximum Gasteiger partial charge on any atom is 0.233 e. The highest BCUT2D eigenvalue weighted by atomic mass is 16.1. The lowest BCUT2D eigenvalue weighted by Crippen LogP contribution is -2.35. The van der Waals surface area contributed by atoms with E-state index in [1.807, 2.05) is 42.5 Å². The molecule has 4 rings (SSSR count). The molecule has 2 heterocycles. The highest BCUT2D eigenvalue weighted by molar-refractivity contribution is 5.96. The summed E-state index contributed by atoms with van der Waals surface area (Å²) in [6.07, 6.45) is 3.56. The fourth-order valence-corrected chi connectivity index (χ4v) is 3.50. The molecule has 1 unspecified atom stereocenters. The molecular weight excluding hydrogens is 322 g/mol. The minimum atomic E-state index is -0.168. The molecule has 1 aromatic heterocycles. The van der Waals surface area contributed by atoms with Crippen LogP contribution in [0.1, 0.15) is 22.6 Å². The molecule has 2 N–H and O–H groups in total. The Hall–Kier alpha value is -2.98. The molecule has 1 aliphatic heterocycles. The second-order valence-corrected chi connectivity index (χ2v) is 6.63. The summed E-state index contributed by atoms with van der Waals surface area (Å²) in [5.74, 6) is -0.140. The molecular formula is C22H21N3O. The summed E-state index contributed by atoms with van der Waals surface area (Å²) >= 11 is 0. The minimum absolute atomic E-state index is 0.0284. The second kappa shape index (κ2) is 7.10. The van der Waals surface area contributed by atoms with E-state index in [2.05, 4.69) is 34.7 Å². The summed E-state index contributed by atoms with van der Waals surface area (Å²) in [5.41, 5.74) is 6.63. The number of hydrogen-bond donors (Lipinski definition) is 2. The van der Waals surface area contributed by atoms with E-state index in [9.17, 15) is 4.79 Å². The maximum atomic E-state index is 12.8. The Morgan fingerprint density at radius 3 is 2.54 bits per heavy atom. The molecule has 4 heteroatoms. The first-order valence-corrected chi connectivity index (χ1v) is 8.83. The van der Waals surface area contributed by atoms with Crippen LogP contribution in [-0.2, 0) is 11.3 Å². The van der Waals surface area contributed by atoms with Crippen LogP contribution in [0.4, 0.5) is 5.69 Å². The first kappa shape index (κ1) is 16.5. The number of nitrogens with zero attached hydrogens (tertiary/aromatic N) is 1. The van der Waals surface area contributed by atoms with E-state index in [4.69, 9.17) is 0 Å². The molecule has 0 spiro atoms. The average Bonchev–Trinajstić information content (AvgIpc) is 2.69. The largest absolute Gasteiger partial charge is 0.326 e. The van der Waals surface area contributed by atoms with Crippen LogP contribution in [0.3, 0.4) is 0 Å². The molecule has 4 nitrogen and oxygen atoms in total. The van der Waals surface area contributed by atoms with Crippen LogP contribution >= 0.6 is 0 Å². The van der Waals surface area contributed by atoms with E-state index in [1.165, 1.54) is 11.1 Å². The Morgan fingerprint density at radius 2 is 1.77 bits per heavy atom.